The standard InChI is InChI=1S/C22H26N8OS/c1-16-10-12-28(13-11-16)21-24-25-22(29(21)15-19-9-6-14-31-19)32-17(2)20-23-26-27-30(20)18-7-4-3-5-8-18/h3-9,14,16-17H,10-13,15H2,1-2H3. The number of aromatic nitrogens is 7. The second-order valence-electron chi connectivity index (χ2n) is 8.16. The molecule has 166 valence electrons. The molecule has 1 aliphatic rings. The molecule has 32 heavy (non-hydrogen) atoms. The number of tetrazole rings is 1. The monoisotopic (exact) mass is 450 g/mol. The van der Waals surface area contributed by atoms with Gasteiger partial charge in [-0.3, -0.25) is 4.57 Å². The highest BCUT2D eigenvalue weighted by Crippen LogP contribution is 2.35. The Bertz CT molecular complexity index is 1130. The molecule has 1 atom stereocenters. The van der Waals surface area contributed by atoms with Crippen molar-refractivity contribution in [2.75, 3.05) is 18.0 Å². The number of rotatable bonds is 7. The van der Waals surface area contributed by atoms with Crippen LogP contribution in [0.5, 0.6) is 0 Å². The first-order valence-corrected chi connectivity index (χ1v) is 11.8. The first kappa shape index (κ1) is 20.7. The highest BCUT2D eigenvalue weighted by molar-refractivity contribution is 7.99. The summed E-state index contributed by atoms with van der Waals surface area (Å²) in [4.78, 5) is 2.33. The Hall–Kier alpha value is -3.14. The molecule has 0 spiro atoms. The lowest BCUT2D eigenvalue weighted by atomic mass is 10.00. The van der Waals surface area contributed by atoms with E-state index in [9.17, 15) is 0 Å². The molecule has 4 heterocycles. The molecule has 10 heteroatoms. The van der Waals surface area contributed by atoms with Crippen LogP contribution in [-0.2, 0) is 6.54 Å². The lowest BCUT2D eigenvalue weighted by Gasteiger charge is -2.31. The van der Waals surface area contributed by atoms with E-state index in [0.29, 0.717) is 6.54 Å². The second-order valence-corrected chi connectivity index (χ2v) is 9.47. The van der Waals surface area contributed by atoms with E-state index in [4.69, 9.17) is 4.42 Å². The summed E-state index contributed by atoms with van der Waals surface area (Å²) in [5.74, 6) is 3.28. The van der Waals surface area contributed by atoms with E-state index in [-0.39, 0.29) is 5.25 Å². The third-order valence-electron chi connectivity index (χ3n) is 5.80. The number of furan rings is 1. The molecule has 0 aliphatic carbocycles. The lowest BCUT2D eigenvalue weighted by Crippen LogP contribution is -2.35. The van der Waals surface area contributed by atoms with Crippen LogP contribution in [0.4, 0.5) is 5.95 Å². The molecule has 0 amide bonds. The van der Waals surface area contributed by atoms with Gasteiger partial charge in [0.05, 0.1) is 23.7 Å². The van der Waals surface area contributed by atoms with Gasteiger partial charge in [-0.2, -0.15) is 4.68 Å². The molecule has 1 aliphatic heterocycles. The maximum atomic E-state index is 5.63. The van der Waals surface area contributed by atoms with Crippen molar-refractivity contribution in [1.29, 1.82) is 0 Å². The van der Waals surface area contributed by atoms with Crippen molar-refractivity contribution in [3.8, 4) is 5.69 Å². The fourth-order valence-electron chi connectivity index (χ4n) is 3.92. The van der Waals surface area contributed by atoms with Crippen LogP contribution in [0.25, 0.3) is 5.69 Å². The molecule has 1 unspecified atom stereocenters. The number of thioether (sulfide) groups is 1. The number of piperidine rings is 1. The molecule has 0 saturated carbocycles. The summed E-state index contributed by atoms with van der Waals surface area (Å²) in [6.07, 6.45) is 4.03. The molecule has 5 rings (SSSR count). The average molecular weight is 451 g/mol. The van der Waals surface area contributed by atoms with Crippen molar-refractivity contribution in [3.05, 3.63) is 60.3 Å². The van der Waals surface area contributed by atoms with Gasteiger partial charge in [0.2, 0.25) is 5.95 Å². The Balaban J connectivity index is 1.43. The van der Waals surface area contributed by atoms with Gasteiger partial charge in [0.1, 0.15) is 5.76 Å². The summed E-state index contributed by atoms with van der Waals surface area (Å²) >= 11 is 1.60. The topological polar surface area (TPSA) is 90.7 Å². The Kier molecular flexibility index (Phi) is 5.93. The molecular weight excluding hydrogens is 424 g/mol. The highest BCUT2D eigenvalue weighted by atomic mass is 32.2. The summed E-state index contributed by atoms with van der Waals surface area (Å²) in [5, 5.41) is 22.3. The largest absolute Gasteiger partial charge is 0.467 e. The van der Waals surface area contributed by atoms with Crippen LogP contribution in [0.2, 0.25) is 0 Å². The summed E-state index contributed by atoms with van der Waals surface area (Å²) in [5.41, 5.74) is 0.931. The molecule has 0 N–H and O–H groups in total. The quantitative estimate of drug-likeness (QED) is 0.391. The van der Waals surface area contributed by atoms with Crippen molar-refractivity contribution in [2.24, 2.45) is 5.92 Å². The van der Waals surface area contributed by atoms with Gasteiger partial charge in [-0.15, -0.1) is 15.3 Å². The number of hydrogen-bond donors (Lipinski definition) is 0. The maximum Gasteiger partial charge on any atom is 0.228 e. The smallest absolute Gasteiger partial charge is 0.228 e. The van der Waals surface area contributed by atoms with E-state index in [2.05, 4.69) is 49.0 Å². The SMILES string of the molecule is CC1CCN(c2nnc(SC(C)c3nnnn3-c3ccccc3)n2Cc2ccco2)CC1. The second kappa shape index (κ2) is 9.15. The zero-order valence-corrected chi connectivity index (χ0v) is 19.0. The molecule has 1 saturated heterocycles. The Morgan fingerprint density at radius 2 is 1.88 bits per heavy atom. The Morgan fingerprint density at radius 3 is 2.62 bits per heavy atom. The van der Waals surface area contributed by atoms with E-state index >= 15 is 0 Å². The van der Waals surface area contributed by atoms with Crippen LogP contribution in [0.15, 0.2) is 58.3 Å². The maximum absolute atomic E-state index is 5.63. The third-order valence-corrected chi connectivity index (χ3v) is 6.88. The van der Waals surface area contributed by atoms with Crippen molar-refractivity contribution < 1.29 is 4.42 Å². The van der Waals surface area contributed by atoms with Crippen LogP contribution in [0.1, 0.15) is 43.5 Å². The predicted molar refractivity (Wildman–Crippen MR) is 122 cm³/mol. The Morgan fingerprint density at radius 1 is 1.06 bits per heavy atom. The van der Waals surface area contributed by atoms with Crippen LogP contribution in [-0.4, -0.2) is 48.1 Å². The van der Waals surface area contributed by atoms with Crippen molar-refractivity contribution in [1.82, 2.24) is 35.0 Å². The number of hydrogen-bond acceptors (Lipinski definition) is 8. The predicted octanol–water partition coefficient (Wildman–Crippen LogP) is 3.98. The van der Waals surface area contributed by atoms with Gasteiger partial charge in [0.15, 0.2) is 11.0 Å². The minimum Gasteiger partial charge on any atom is -0.467 e. The van der Waals surface area contributed by atoms with E-state index in [1.165, 1.54) is 12.8 Å². The minimum atomic E-state index is -0.0287. The zero-order chi connectivity index (χ0) is 21.9. The van der Waals surface area contributed by atoms with E-state index in [1.807, 2.05) is 42.5 Å². The lowest BCUT2D eigenvalue weighted by molar-refractivity contribution is 0.427. The number of benzene rings is 1. The number of anilines is 1. The summed E-state index contributed by atoms with van der Waals surface area (Å²) in [6, 6.07) is 13.8. The summed E-state index contributed by atoms with van der Waals surface area (Å²) < 4.78 is 9.56. The number of nitrogens with zero attached hydrogens (tertiary/aromatic N) is 8. The van der Waals surface area contributed by atoms with Gasteiger partial charge < -0.3 is 9.32 Å². The molecule has 0 radical (unpaired) electrons. The fraction of sp³-hybridized carbons (Fsp3) is 0.409. The molecule has 1 fully saturated rings. The first-order chi connectivity index (χ1) is 15.7. The summed E-state index contributed by atoms with van der Waals surface area (Å²) in [7, 11) is 0. The summed E-state index contributed by atoms with van der Waals surface area (Å²) in [6.45, 7) is 6.96. The van der Waals surface area contributed by atoms with Gasteiger partial charge in [-0.1, -0.05) is 36.9 Å². The fourth-order valence-corrected chi connectivity index (χ4v) is 4.85. The first-order valence-electron chi connectivity index (χ1n) is 10.9. The van der Waals surface area contributed by atoms with Crippen molar-refractivity contribution in [2.45, 2.75) is 43.6 Å². The molecule has 4 aromatic rings. The van der Waals surface area contributed by atoms with Crippen LogP contribution in [0, 0.1) is 5.92 Å². The van der Waals surface area contributed by atoms with E-state index in [0.717, 1.165) is 47.4 Å². The highest BCUT2D eigenvalue weighted by Gasteiger charge is 2.26. The van der Waals surface area contributed by atoms with Gasteiger partial charge in [-0.25, -0.2) is 0 Å². The number of para-hydroxylation sites is 1. The van der Waals surface area contributed by atoms with Crippen LogP contribution >= 0.6 is 11.8 Å². The van der Waals surface area contributed by atoms with Crippen molar-refractivity contribution in [3.63, 3.8) is 0 Å². The van der Waals surface area contributed by atoms with E-state index < -0.39 is 0 Å². The van der Waals surface area contributed by atoms with Gasteiger partial charge in [0.25, 0.3) is 0 Å². The molecule has 0 bridgehead atoms. The minimum absolute atomic E-state index is 0.0287. The molecule has 1 aromatic carbocycles. The third kappa shape index (κ3) is 4.27. The van der Waals surface area contributed by atoms with E-state index in [1.54, 1.807) is 22.7 Å². The Labute approximate surface area is 190 Å². The average Bonchev–Trinajstić information content (AvgIpc) is 3.57. The molecule has 3 aromatic heterocycles. The zero-order valence-electron chi connectivity index (χ0n) is 18.2. The van der Waals surface area contributed by atoms with Gasteiger partial charge in [-0.05, 0) is 60.4 Å². The van der Waals surface area contributed by atoms with Crippen LogP contribution in [0.3, 0.4) is 0 Å². The van der Waals surface area contributed by atoms with Gasteiger partial charge in [0, 0.05) is 13.1 Å². The molecular formula is C22H26N8OS. The van der Waals surface area contributed by atoms with Crippen LogP contribution < -0.4 is 4.90 Å². The van der Waals surface area contributed by atoms with Gasteiger partial charge >= 0.3 is 0 Å². The van der Waals surface area contributed by atoms with Crippen molar-refractivity contribution >= 4 is 17.7 Å². The molecule has 9 nitrogen and oxygen atoms in total. The normalized spacial score (nSPS) is 15.9.